The lowest BCUT2D eigenvalue weighted by Crippen LogP contribution is -2.51. The summed E-state index contributed by atoms with van der Waals surface area (Å²) in [5.74, 6) is -0.0983. The average Bonchev–Trinajstić information content (AvgIpc) is 3.31. The second-order valence-electron chi connectivity index (χ2n) is 6.52. The molecule has 0 unspecified atom stereocenters. The van der Waals surface area contributed by atoms with Gasteiger partial charge >= 0.3 is 0 Å². The summed E-state index contributed by atoms with van der Waals surface area (Å²) in [7, 11) is 0. The molecule has 4 rings (SSSR count). The lowest BCUT2D eigenvalue weighted by molar-refractivity contribution is -0.140. The Morgan fingerprint density at radius 1 is 1.08 bits per heavy atom. The molecule has 26 heavy (non-hydrogen) atoms. The smallest absolute Gasteiger partial charge is 0.243 e. The minimum Gasteiger partial charge on any atom is -0.338 e. The first-order chi connectivity index (χ1) is 12.7. The van der Waals surface area contributed by atoms with Crippen LogP contribution in [0.4, 0.5) is 0 Å². The highest BCUT2D eigenvalue weighted by molar-refractivity contribution is 6.02. The number of rotatable bonds is 5. The lowest BCUT2D eigenvalue weighted by Gasteiger charge is -2.38. The average molecular weight is 352 g/mol. The molecule has 2 aliphatic rings. The van der Waals surface area contributed by atoms with E-state index in [1.54, 1.807) is 22.0 Å². The summed E-state index contributed by atoms with van der Waals surface area (Å²) >= 11 is 0. The number of hydrogen-bond acceptors (Lipinski definition) is 5. The van der Waals surface area contributed by atoms with Crippen LogP contribution in [0.3, 0.4) is 0 Å². The fourth-order valence-electron chi connectivity index (χ4n) is 3.21. The molecule has 0 spiro atoms. The van der Waals surface area contributed by atoms with E-state index in [1.165, 1.54) is 5.01 Å². The molecule has 8 heteroatoms. The number of carbonyl (C=O) groups is 2. The number of hydrazone groups is 1. The summed E-state index contributed by atoms with van der Waals surface area (Å²) in [6, 6.07) is 10.0. The normalized spacial score (nSPS) is 17.2. The van der Waals surface area contributed by atoms with Crippen molar-refractivity contribution in [2.75, 3.05) is 19.6 Å². The van der Waals surface area contributed by atoms with Gasteiger partial charge in [0.1, 0.15) is 0 Å². The Bertz CT molecular complexity index is 811. The number of likely N-dealkylation sites (tertiary alicyclic amines) is 1. The van der Waals surface area contributed by atoms with Gasteiger partial charge in [-0.2, -0.15) is 5.10 Å². The SMILES string of the molecule is O=C(CCC(=O)N1CCC(c2ccccc2)=N1)N1CC(n2ccnn2)C1. The molecule has 0 N–H and O–H groups in total. The molecule has 1 aromatic carbocycles. The molecule has 0 atom stereocenters. The number of aromatic nitrogens is 3. The second-order valence-corrected chi connectivity index (χ2v) is 6.52. The van der Waals surface area contributed by atoms with Crippen molar-refractivity contribution in [2.45, 2.75) is 25.3 Å². The van der Waals surface area contributed by atoms with Crippen LogP contribution in [-0.2, 0) is 9.59 Å². The van der Waals surface area contributed by atoms with Gasteiger partial charge in [-0.05, 0) is 5.56 Å². The third kappa shape index (κ3) is 3.35. The molecular formula is C18H20N6O2. The summed E-state index contributed by atoms with van der Waals surface area (Å²) in [5, 5.41) is 13.6. The van der Waals surface area contributed by atoms with Gasteiger partial charge in [-0.25, -0.2) is 9.69 Å². The highest BCUT2D eigenvalue weighted by atomic mass is 16.2. The fraction of sp³-hybridized carbons (Fsp3) is 0.389. The van der Waals surface area contributed by atoms with E-state index in [9.17, 15) is 9.59 Å². The minimum absolute atomic E-state index is 0.00109. The van der Waals surface area contributed by atoms with E-state index in [1.807, 2.05) is 30.3 Å². The molecule has 2 aromatic rings. The Balaban J connectivity index is 1.24. The topological polar surface area (TPSA) is 83.7 Å². The summed E-state index contributed by atoms with van der Waals surface area (Å²) in [6.45, 7) is 1.82. The van der Waals surface area contributed by atoms with E-state index in [2.05, 4.69) is 15.4 Å². The Morgan fingerprint density at radius 2 is 1.85 bits per heavy atom. The van der Waals surface area contributed by atoms with Gasteiger partial charge in [-0.15, -0.1) is 5.10 Å². The van der Waals surface area contributed by atoms with Gasteiger partial charge in [0.05, 0.1) is 24.5 Å². The number of benzene rings is 1. The van der Waals surface area contributed by atoms with Crippen molar-refractivity contribution in [3.05, 3.63) is 48.3 Å². The molecule has 0 radical (unpaired) electrons. The zero-order chi connectivity index (χ0) is 17.9. The molecule has 1 aromatic heterocycles. The van der Waals surface area contributed by atoms with Crippen molar-refractivity contribution >= 4 is 17.5 Å². The highest BCUT2D eigenvalue weighted by Gasteiger charge is 2.32. The fourth-order valence-corrected chi connectivity index (χ4v) is 3.21. The van der Waals surface area contributed by atoms with Crippen LogP contribution in [0, 0.1) is 0 Å². The number of amides is 2. The summed E-state index contributed by atoms with van der Waals surface area (Å²) in [4.78, 5) is 26.3. The van der Waals surface area contributed by atoms with Crippen molar-refractivity contribution in [2.24, 2.45) is 5.10 Å². The van der Waals surface area contributed by atoms with E-state index in [0.717, 1.165) is 17.7 Å². The first kappa shape index (κ1) is 16.4. The van der Waals surface area contributed by atoms with Crippen LogP contribution in [0.1, 0.15) is 30.9 Å². The van der Waals surface area contributed by atoms with Gasteiger partial charge in [0.15, 0.2) is 0 Å². The van der Waals surface area contributed by atoms with Crippen molar-refractivity contribution in [3.63, 3.8) is 0 Å². The van der Waals surface area contributed by atoms with Crippen molar-refractivity contribution in [1.82, 2.24) is 24.9 Å². The van der Waals surface area contributed by atoms with Gasteiger partial charge < -0.3 is 4.90 Å². The van der Waals surface area contributed by atoms with Crippen LogP contribution >= 0.6 is 0 Å². The standard InChI is InChI=1S/C18H20N6O2/c25-17(22-12-15(13-22)23-11-9-19-21-23)6-7-18(26)24-10-8-16(20-24)14-4-2-1-3-5-14/h1-5,9,11,15H,6-8,10,12-13H2. The van der Waals surface area contributed by atoms with Crippen LogP contribution in [0.25, 0.3) is 0 Å². The van der Waals surface area contributed by atoms with E-state index in [4.69, 9.17) is 0 Å². The van der Waals surface area contributed by atoms with Gasteiger partial charge in [-0.3, -0.25) is 9.59 Å². The molecule has 8 nitrogen and oxygen atoms in total. The Morgan fingerprint density at radius 3 is 2.58 bits per heavy atom. The maximum Gasteiger partial charge on any atom is 0.243 e. The van der Waals surface area contributed by atoms with E-state index < -0.39 is 0 Å². The Labute approximate surface area is 151 Å². The maximum absolute atomic E-state index is 12.3. The summed E-state index contributed by atoms with van der Waals surface area (Å²) in [5.41, 5.74) is 1.96. The van der Waals surface area contributed by atoms with Crippen LogP contribution in [-0.4, -0.2) is 62.1 Å². The number of nitrogens with zero attached hydrogens (tertiary/aromatic N) is 6. The predicted octanol–water partition coefficient (Wildman–Crippen LogP) is 1.08. The first-order valence-electron chi connectivity index (χ1n) is 8.77. The molecular weight excluding hydrogens is 332 g/mol. The van der Waals surface area contributed by atoms with Crippen molar-refractivity contribution in [3.8, 4) is 0 Å². The van der Waals surface area contributed by atoms with E-state index in [-0.39, 0.29) is 30.7 Å². The zero-order valence-corrected chi connectivity index (χ0v) is 14.4. The lowest BCUT2D eigenvalue weighted by atomic mass is 10.1. The second kappa shape index (κ2) is 7.07. The van der Waals surface area contributed by atoms with Crippen LogP contribution in [0.5, 0.6) is 0 Å². The van der Waals surface area contributed by atoms with Gasteiger partial charge in [0.25, 0.3) is 0 Å². The minimum atomic E-state index is -0.0994. The quantitative estimate of drug-likeness (QED) is 0.806. The van der Waals surface area contributed by atoms with E-state index >= 15 is 0 Å². The predicted molar refractivity (Wildman–Crippen MR) is 94.2 cm³/mol. The molecule has 134 valence electrons. The summed E-state index contributed by atoms with van der Waals surface area (Å²) < 4.78 is 1.76. The molecule has 1 saturated heterocycles. The molecule has 0 saturated carbocycles. The Kier molecular flexibility index (Phi) is 4.47. The molecule has 0 aliphatic carbocycles. The third-order valence-electron chi connectivity index (χ3n) is 4.78. The van der Waals surface area contributed by atoms with Crippen molar-refractivity contribution in [1.29, 1.82) is 0 Å². The molecule has 2 amide bonds. The van der Waals surface area contributed by atoms with Gasteiger partial charge in [-0.1, -0.05) is 35.5 Å². The van der Waals surface area contributed by atoms with Gasteiger partial charge in [0.2, 0.25) is 11.8 Å². The summed E-state index contributed by atoms with van der Waals surface area (Å²) in [6.07, 6.45) is 4.58. The van der Waals surface area contributed by atoms with E-state index in [0.29, 0.717) is 19.6 Å². The van der Waals surface area contributed by atoms with Crippen LogP contribution < -0.4 is 0 Å². The number of carbonyl (C=O) groups excluding carboxylic acids is 2. The Hall–Kier alpha value is -3.03. The maximum atomic E-state index is 12.3. The molecule has 0 bridgehead atoms. The number of hydrogen-bond donors (Lipinski definition) is 0. The molecule has 2 aliphatic heterocycles. The third-order valence-corrected chi connectivity index (χ3v) is 4.78. The van der Waals surface area contributed by atoms with Gasteiger partial charge in [0, 0.05) is 38.5 Å². The van der Waals surface area contributed by atoms with Crippen LogP contribution in [0.15, 0.2) is 47.8 Å². The largest absolute Gasteiger partial charge is 0.338 e. The first-order valence-corrected chi connectivity index (χ1v) is 8.77. The zero-order valence-electron chi connectivity index (χ0n) is 14.4. The van der Waals surface area contributed by atoms with Crippen LogP contribution in [0.2, 0.25) is 0 Å². The monoisotopic (exact) mass is 352 g/mol. The highest BCUT2D eigenvalue weighted by Crippen LogP contribution is 2.21. The molecule has 1 fully saturated rings. The van der Waals surface area contributed by atoms with Crippen molar-refractivity contribution < 1.29 is 9.59 Å². The molecule has 3 heterocycles.